The number of alkyl halides is 3. The van der Waals surface area contributed by atoms with Crippen LogP contribution in [0, 0.1) is 0 Å². The molecular weight excluding hydrogens is 689 g/mol. The van der Waals surface area contributed by atoms with Gasteiger partial charge in [0.05, 0.1) is 25.9 Å². The summed E-state index contributed by atoms with van der Waals surface area (Å²) in [5.41, 5.74) is -1.89. The monoisotopic (exact) mass is 718 g/mol. The van der Waals surface area contributed by atoms with Crippen LogP contribution < -0.4 is 23.8 Å². The Morgan fingerprint density at radius 3 is 2.33 bits per heavy atom. The van der Waals surface area contributed by atoms with Gasteiger partial charge >= 0.3 is 6.36 Å². The van der Waals surface area contributed by atoms with Crippen molar-refractivity contribution in [3.05, 3.63) is 107 Å². The van der Waals surface area contributed by atoms with Crippen LogP contribution in [0.25, 0.3) is 0 Å². The van der Waals surface area contributed by atoms with Crippen molar-refractivity contribution in [2.45, 2.75) is 29.3 Å². The van der Waals surface area contributed by atoms with Crippen molar-refractivity contribution in [3.63, 3.8) is 0 Å². The molecule has 2 atom stereocenters. The van der Waals surface area contributed by atoms with Crippen LogP contribution >= 0.6 is 11.6 Å². The first-order valence-corrected chi connectivity index (χ1v) is 16.3. The Morgan fingerprint density at radius 2 is 1.69 bits per heavy atom. The molecule has 2 heterocycles. The maximum atomic E-state index is 15.1. The smallest absolute Gasteiger partial charge is 0.497 e. The number of sulfonamides is 1. The SMILES string of the molecule is COc1ccc(S(=O)(=O)N2C(=O)C(N[C@@H](Cc3ccccn3)C(=O)N(C)C)(c3ccccc3OC)c3cc(Cl)ccc32)c(OC(F)(F)F)c1. The number of anilines is 1. The summed E-state index contributed by atoms with van der Waals surface area (Å²) in [6.45, 7) is 0. The lowest BCUT2D eigenvalue weighted by atomic mass is 9.82. The molecule has 0 saturated carbocycles. The number of carbonyl (C=O) groups excluding carboxylic acids is 2. The van der Waals surface area contributed by atoms with Gasteiger partial charge in [0.1, 0.15) is 16.4 Å². The van der Waals surface area contributed by atoms with Crippen LogP contribution in [0.4, 0.5) is 18.9 Å². The minimum atomic E-state index is -5.30. The maximum absolute atomic E-state index is 15.1. The zero-order valence-electron chi connectivity index (χ0n) is 26.5. The van der Waals surface area contributed by atoms with Crippen molar-refractivity contribution in [3.8, 4) is 17.2 Å². The first-order chi connectivity index (χ1) is 23.1. The predicted molar refractivity (Wildman–Crippen MR) is 173 cm³/mol. The van der Waals surface area contributed by atoms with E-state index in [1.807, 2.05) is 0 Å². The van der Waals surface area contributed by atoms with Gasteiger partial charge in [-0.15, -0.1) is 13.2 Å². The van der Waals surface area contributed by atoms with Crippen molar-refractivity contribution in [1.82, 2.24) is 15.2 Å². The second-order valence-electron chi connectivity index (χ2n) is 11.0. The fourth-order valence-corrected chi connectivity index (χ4v) is 7.40. The third-order valence-electron chi connectivity index (χ3n) is 7.76. The van der Waals surface area contributed by atoms with Gasteiger partial charge in [-0.2, -0.15) is 0 Å². The number of fused-ring (bicyclic) bond motifs is 1. The zero-order chi connectivity index (χ0) is 35.7. The molecule has 0 bridgehead atoms. The number of benzene rings is 3. The summed E-state index contributed by atoms with van der Waals surface area (Å²) in [7, 11) is 0.334. The van der Waals surface area contributed by atoms with Crippen LogP contribution in [-0.4, -0.2) is 70.8 Å². The van der Waals surface area contributed by atoms with Crippen molar-refractivity contribution >= 4 is 39.1 Å². The Kier molecular flexibility index (Phi) is 9.82. The minimum Gasteiger partial charge on any atom is -0.497 e. The van der Waals surface area contributed by atoms with Gasteiger partial charge in [-0.25, -0.2) is 12.7 Å². The summed E-state index contributed by atoms with van der Waals surface area (Å²) < 4.78 is 84.9. The number of aromatic nitrogens is 1. The predicted octanol–water partition coefficient (Wildman–Crippen LogP) is 4.92. The Bertz CT molecular complexity index is 2000. The minimum absolute atomic E-state index is 0.0116. The fourth-order valence-electron chi connectivity index (χ4n) is 5.67. The molecule has 1 aliphatic rings. The molecule has 0 aliphatic carbocycles. The normalized spacial score (nSPS) is 16.6. The highest BCUT2D eigenvalue weighted by molar-refractivity contribution is 7.93. The van der Waals surface area contributed by atoms with Gasteiger partial charge < -0.3 is 19.1 Å². The number of nitrogens with zero attached hydrogens (tertiary/aromatic N) is 3. The fraction of sp³-hybridized carbons (Fsp3) is 0.242. The highest BCUT2D eigenvalue weighted by Crippen LogP contribution is 2.51. The molecule has 1 N–H and O–H groups in total. The third-order valence-corrected chi connectivity index (χ3v) is 9.73. The van der Waals surface area contributed by atoms with Gasteiger partial charge in [0.25, 0.3) is 15.9 Å². The summed E-state index contributed by atoms with van der Waals surface area (Å²) in [5.74, 6) is -2.81. The topological polar surface area (TPSA) is 127 Å². The highest BCUT2D eigenvalue weighted by atomic mass is 35.5. The number of methoxy groups -OCH3 is 2. The summed E-state index contributed by atoms with van der Waals surface area (Å²) in [5, 5.41) is 3.25. The Morgan fingerprint density at radius 1 is 0.980 bits per heavy atom. The Balaban J connectivity index is 1.80. The van der Waals surface area contributed by atoms with Gasteiger partial charge in [-0.05, 0) is 48.5 Å². The summed E-state index contributed by atoms with van der Waals surface area (Å²) in [6.07, 6.45) is -3.82. The number of likely N-dealkylation sites (N-methyl/N-ethyl adjacent to an activating group) is 1. The Labute approximate surface area is 285 Å². The lowest BCUT2D eigenvalue weighted by Crippen LogP contribution is -2.59. The van der Waals surface area contributed by atoms with Gasteiger partial charge in [0.15, 0.2) is 11.3 Å². The van der Waals surface area contributed by atoms with Crippen LogP contribution in [0.15, 0.2) is 90.0 Å². The third kappa shape index (κ3) is 6.73. The number of para-hydroxylation sites is 1. The second kappa shape index (κ2) is 13.6. The van der Waals surface area contributed by atoms with Gasteiger partial charge in [-0.1, -0.05) is 35.9 Å². The van der Waals surface area contributed by atoms with E-state index in [9.17, 15) is 26.4 Å². The standard InChI is InChI=1S/C33H30ClF3N4O7S/c1-40(2)30(42)25(18-21-9-7-8-16-38-21)39-32(23-10-5-6-11-27(23)47-4)24-17-20(34)12-14-26(24)41(31(32)43)49(44,45)29-15-13-22(46-3)19-28(29)48-33(35,36)37/h5-17,19,25,39H,18H2,1-4H3/t25-,32?/m0/s1. The average Bonchev–Trinajstić information content (AvgIpc) is 3.31. The molecule has 2 amide bonds. The van der Waals surface area contributed by atoms with E-state index in [4.69, 9.17) is 21.1 Å². The second-order valence-corrected chi connectivity index (χ2v) is 13.2. The summed E-state index contributed by atoms with van der Waals surface area (Å²) in [6, 6.07) is 16.7. The van der Waals surface area contributed by atoms with Crippen molar-refractivity contribution in [2.24, 2.45) is 0 Å². The summed E-state index contributed by atoms with van der Waals surface area (Å²) >= 11 is 6.47. The molecule has 3 aromatic carbocycles. The highest BCUT2D eigenvalue weighted by Gasteiger charge is 2.59. The van der Waals surface area contributed by atoms with Gasteiger partial charge in [0.2, 0.25) is 5.91 Å². The number of pyridine rings is 1. The molecule has 4 aromatic rings. The van der Waals surface area contributed by atoms with E-state index in [-0.39, 0.29) is 39.8 Å². The average molecular weight is 719 g/mol. The molecule has 0 fully saturated rings. The molecular formula is C33H30ClF3N4O7S. The molecule has 16 heteroatoms. The number of nitrogens with one attached hydrogen (secondary N) is 1. The number of amides is 2. The van der Waals surface area contributed by atoms with E-state index in [0.717, 1.165) is 18.2 Å². The zero-order valence-corrected chi connectivity index (χ0v) is 28.1. The quantitative estimate of drug-likeness (QED) is 0.230. The number of carbonyl (C=O) groups is 2. The van der Waals surface area contributed by atoms with E-state index < -0.39 is 50.4 Å². The number of rotatable bonds is 11. The molecule has 49 heavy (non-hydrogen) atoms. The van der Waals surface area contributed by atoms with E-state index in [1.165, 1.54) is 69.7 Å². The first kappa shape index (κ1) is 35.4. The van der Waals surface area contributed by atoms with Gasteiger partial charge in [0, 0.05) is 54.6 Å². The van der Waals surface area contributed by atoms with Crippen LogP contribution in [0.1, 0.15) is 16.8 Å². The molecule has 0 spiro atoms. The first-order valence-electron chi connectivity index (χ1n) is 14.5. The molecule has 0 radical (unpaired) electrons. The maximum Gasteiger partial charge on any atom is 0.573 e. The molecule has 1 unspecified atom stereocenters. The van der Waals surface area contributed by atoms with Crippen molar-refractivity contribution < 1.29 is 45.4 Å². The lowest BCUT2D eigenvalue weighted by molar-refractivity contribution is -0.275. The summed E-state index contributed by atoms with van der Waals surface area (Å²) in [4.78, 5) is 33.6. The van der Waals surface area contributed by atoms with E-state index >= 15 is 4.79 Å². The van der Waals surface area contributed by atoms with E-state index in [2.05, 4.69) is 15.0 Å². The van der Waals surface area contributed by atoms with E-state index in [0.29, 0.717) is 10.00 Å². The molecule has 11 nitrogen and oxygen atoms in total. The molecule has 1 aliphatic heterocycles. The van der Waals surface area contributed by atoms with Crippen molar-refractivity contribution in [1.29, 1.82) is 0 Å². The van der Waals surface area contributed by atoms with Crippen molar-refractivity contribution in [2.75, 3.05) is 32.6 Å². The van der Waals surface area contributed by atoms with Gasteiger partial charge in [-0.3, -0.25) is 19.9 Å². The van der Waals surface area contributed by atoms with E-state index in [1.54, 1.807) is 30.3 Å². The van der Waals surface area contributed by atoms with Crippen LogP contribution in [0.5, 0.6) is 17.2 Å². The number of hydrogen-bond donors (Lipinski definition) is 1. The van der Waals surface area contributed by atoms with Crippen LogP contribution in [-0.2, 0) is 31.6 Å². The molecule has 258 valence electrons. The molecule has 1 aromatic heterocycles. The molecule has 0 saturated heterocycles. The molecule has 5 rings (SSSR count). The largest absolute Gasteiger partial charge is 0.573 e. The number of hydrogen-bond acceptors (Lipinski definition) is 9. The van der Waals surface area contributed by atoms with Crippen LogP contribution in [0.2, 0.25) is 5.02 Å². The van der Waals surface area contributed by atoms with Crippen LogP contribution in [0.3, 0.4) is 0 Å². The number of ether oxygens (including phenoxy) is 3. The lowest BCUT2D eigenvalue weighted by Gasteiger charge is -2.36. The Hall–Kier alpha value is -4.86. The number of halogens is 4.